The summed E-state index contributed by atoms with van der Waals surface area (Å²) in [6, 6.07) is 15.5. The van der Waals surface area contributed by atoms with Gasteiger partial charge < -0.3 is 0 Å². The van der Waals surface area contributed by atoms with Gasteiger partial charge in [-0.05, 0) is 30.7 Å². The number of fused-ring (bicyclic) bond motifs is 1. The second-order valence-electron chi connectivity index (χ2n) is 4.59. The molecular weight excluding hydrogens is 250 g/mol. The predicted octanol–water partition coefficient (Wildman–Crippen LogP) is 2.94. The maximum Gasteiger partial charge on any atom is 0.168 e. The van der Waals surface area contributed by atoms with E-state index >= 15 is 0 Å². The molecule has 0 fully saturated rings. The molecule has 3 rings (SSSR count). The summed E-state index contributed by atoms with van der Waals surface area (Å²) in [6.45, 7) is 2.03. The molecule has 0 amide bonds. The van der Waals surface area contributed by atoms with Crippen LogP contribution in [0.4, 0.5) is 0 Å². The van der Waals surface area contributed by atoms with Crippen molar-refractivity contribution in [2.75, 3.05) is 0 Å². The second kappa shape index (κ2) is 5.09. The normalized spacial score (nSPS) is 11.8. The van der Waals surface area contributed by atoms with Crippen molar-refractivity contribution in [3.8, 4) is 0 Å². The third kappa shape index (κ3) is 2.23. The minimum Gasteiger partial charge on any atom is -0.296 e. The summed E-state index contributed by atoms with van der Waals surface area (Å²) >= 11 is 0. The summed E-state index contributed by atoms with van der Waals surface area (Å²) in [5.74, 6) is 0. The third-order valence-corrected chi connectivity index (χ3v) is 3.11. The Morgan fingerprint density at radius 3 is 2.60 bits per heavy atom. The van der Waals surface area contributed by atoms with E-state index in [1.165, 1.54) is 5.56 Å². The van der Waals surface area contributed by atoms with Crippen molar-refractivity contribution < 1.29 is 4.79 Å². The largest absolute Gasteiger partial charge is 0.296 e. The molecule has 0 aliphatic heterocycles. The highest BCUT2D eigenvalue weighted by Crippen LogP contribution is 2.16. The van der Waals surface area contributed by atoms with E-state index in [-0.39, 0.29) is 0 Å². The Morgan fingerprint density at radius 1 is 1.10 bits per heavy atom. The molecule has 0 unspecified atom stereocenters. The Balaban J connectivity index is 2.09. The molecule has 0 radical (unpaired) electrons. The number of nitrogens with zero attached hydrogens (tertiary/aromatic N) is 3. The Hall–Kier alpha value is -2.75. The van der Waals surface area contributed by atoms with E-state index in [2.05, 4.69) is 10.3 Å². The van der Waals surface area contributed by atoms with Crippen molar-refractivity contribution in [2.45, 2.75) is 6.92 Å². The molecule has 0 bridgehead atoms. The Kier molecular flexibility index (Phi) is 3.13. The van der Waals surface area contributed by atoms with Gasteiger partial charge in [0.05, 0.1) is 5.52 Å². The predicted molar refractivity (Wildman–Crippen MR) is 78.9 cm³/mol. The van der Waals surface area contributed by atoms with Gasteiger partial charge in [-0.15, -0.1) is 5.10 Å². The van der Waals surface area contributed by atoms with Gasteiger partial charge >= 0.3 is 0 Å². The summed E-state index contributed by atoms with van der Waals surface area (Å²) in [4.78, 5) is 11.4. The van der Waals surface area contributed by atoms with Crippen LogP contribution >= 0.6 is 0 Å². The van der Waals surface area contributed by atoms with Crippen LogP contribution < -0.4 is 0 Å². The fraction of sp³-hybridized carbons (Fsp3) is 0.0625. The number of allylic oxidation sites excluding steroid dienone is 1. The van der Waals surface area contributed by atoms with Crippen LogP contribution in [0.15, 0.2) is 48.5 Å². The zero-order valence-electron chi connectivity index (χ0n) is 11.0. The molecule has 3 aromatic rings. The summed E-state index contributed by atoms with van der Waals surface area (Å²) < 4.78 is 1.56. The van der Waals surface area contributed by atoms with E-state index in [4.69, 9.17) is 0 Å². The lowest BCUT2D eigenvalue weighted by Gasteiger charge is -2.01. The van der Waals surface area contributed by atoms with Crippen LogP contribution in [0.3, 0.4) is 0 Å². The maximum atomic E-state index is 11.4. The number of carbonyl (C=O) groups excluding carboxylic acids is 1. The number of benzene rings is 2. The number of para-hydroxylation sites is 1. The van der Waals surface area contributed by atoms with Gasteiger partial charge in [0, 0.05) is 0 Å². The maximum absolute atomic E-state index is 11.4. The van der Waals surface area contributed by atoms with Crippen LogP contribution in [0.5, 0.6) is 0 Å². The lowest BCUT2D eigenvalue weighted by molar-refractivity contribution is -0.103. The fourth-order valence-corrected chi connectivity index (χ4v) is 2.04. The van der Waals surface area contributed by atoms with E-state index in [0.29, 0.717) is 5.70 Å². The number of aromatic nitrogens is 3. The minimum atomic E-state index is 0.461. The quantitative estimate of drug-likeness (QED) is 0.539. The van der Waals surface area contributed by atoms with Crippen molar-refractivity contribution in [1.29, 1.82) is 0 Å². The van der Waals surface area contributed by atoms with Crippen molar-refractivity contribution >= 4 is 29.1 Å². The number of aryl methyl sites for hydroxylation is 1. The van der Waals surface area contributed by atoms with Gasteiger partial charge in [-0.25, -0.2) is 4.68 Å². The first kappa shape index (κ1) is 12.3. The van der Waals surface area contributed by atoms with Crippen molar-refractivity contribution in [3.05, 3.63) is 59.7 Å². The van der Waals surface area contributed by atoms with Crippen LogP contribution in [0.1, 0.15) is 11.1 Å². The molecular formula is C16H13N3O. The molecule has 4 nitrogen and oxygen atoms in total. The summed E-state index contributed by atoms with van der Waals surface area (Å²) in [5, 5.41) is 8.10. The number of hydrogen-bond donors (Lipinski definition) is 0. The Morgan fingerprint density at radius 2 is 1.85 bits per heavy atom. The summed E-state index contributed by atoms with van der Waals surface area (Å²) in [6.07, 6.45) is 2.59. The first-order chi connectivity index (χ1) is 9.78. The minimum absolute atomic E-state index is 0.461. The topological polar surface area (TPSA) is 47.8 Å². The second-order valence-corrected chi connectivity index (χ2v) is 4.59. The standard InChI is InChI=1S/C16H13N3O/c1-12-6-8-13(9-7-12)10-14(11-20)19-16-5-3-2-4-15(16)17-18-19/h2-11H,1H3/b14-10-. The zero-order valence-corrected chi connectivity index (χ0v) is 11.0. The highest BCUT2D eigenvalue weighted by Gasteiger charge is 2.07. The third-order valence-electron chi connectivity index (χ3n) is 3.11. The molecule has 20 heavy (non-hydrogen) atoms. The van der Waals surface area contributed by atoms with E-state index < -0.39 is 0 Å². The van der Waals surface area contributed by atoms with Crippen LogP contribution in [0.25, 0.3) is 22.8 Å². The zero-order chi connectivity index (χ0) is 13.9. The smallest absolute Gasteiger partial charge is 0.168 e. The average molecular weight is 263 g/mol. The van der Waals surface area contributed by atoms with Gasteiger partial charge in [0.1, 0.15) is 11.2 Å². The van der Waals surface area contributed by atoms with E-state index in [1.54, 1.807) is 10.8 Å². The molecule has 0 aliphatic carbocycles. The van der Waals surface area contributed by atoms with Crippen LogP contribution in [-0.4, -0.2) is 21.3 Å². The molecule has 1 heterocycles. The number of carbonyl (C=O) groups is 1. The van der Waals surface area contributed by atoms with Crippen LogP contribution in [0, 0.1) is 6.92 Å². The van der Waals surface area contributed by atoms with Gasteiger partial charge in [-0.1, -0.05) is 47.2 Å². The molecule has 2 aromatic carbocycles. The van der Waals surface area contributed by atoms with Crippen LogP contribution in [0.2, 0.25) is 0 Å². The molecule has 0 atom stereocenters. The summed E-state index contributed by atoms with van der Waals surface area (Å²) in [7, 11) is 0. The van der Waals surface area contributed by atoms with Crippen molar-refractivity contribution in [1.82, 2.24) is 15.0 Å². The number of aldehydes is 1. The van der Waals surface area contributed by atoms with E-state index in [0.717, 1.165) is 22.9 Å². The monoisotopic (exact) mass is 263 g/mol. The molecule has 0 aliphatic rings. The number of rotatable bonds is 3. The first-order valence-electron chi connectivity index (χ1n) is 6.32. The van der Waals surface area contributed by atoms with E-state index in [1.807, 2.05) is 55.5 Å². The molecule has 0 N–H and O–H groups in total. The molecule has 0 spiro atoms. The molecule has 1 aromatic heterocycles. The fourth-order valence-electron chi connectivity index (χ4n) is 2.04. The van der Waals surface area contributed by atoms with Crippen molar-refractivity contribution in [3.63, 3.8) is 0 Å². The number of hydrogen-bond acceptors (Lipinski definition) is 3. The Bertz CT molecular complexity index is 785. The average Bonchev–Trinajstić information content (AvgIpc) is 2.91. The molecule has 4 heteroatoms. The van der Waals surface area contributed by atoms with Crippen LogP contribution in [-0.2, 0) is 4.79 Å². The van der Waals surface area contributed by atoms with Gasteiger partial charge in [0.25, 0.3) is 0 Å². The highest BCUT2D eigenvalue weighted by molar-refractivity contribution is 6.07. The Labute approximate surface area is 116 Å². The van der Waals surface area contributed by atoms with Gasteiger partial charge in [0.2, 0.25) is 0 Å². The van der Waals surface area contributed by atoms with Gasteiger partial charge in [0.15, 0.2) is 6.29 Å². The molecule has 98 valence electrons. The first-order valence-corrected chi connectivity index (χ1v) is 6.32. The van der Waals surface area contributed by atoms with Gasteiger partial charge in [-0.2, -0.15) is 0 Å². The lowest BCUT2D eigenvalue weighted by Crippen LogP contribution is -2.00. The van der Waals surface area contributed by atoms with E-state index in [9.17, 15) is 4.79 Å². The highest BCUT2D eigenvalue weighted by atomic mass is 16.1. The lowest BCUT2D eigenvalue weighted by atomic mass is 10.1. The molecule has 0 saturated heterocycles. The van der Waals surface area contributed by atoms with Gasteiger partial charge in [-0.3, -0.25) is 4.79 Å². The van der Waals surface area contributed by atoms with Crippen molar-refractivity contribution in [2.24, 2.45) is 0 Å². The molecule has 0 saturated carbocycles. The summed E-state index contributed by atoms with van der Waals surface area (Å²) in [5.41, 5.74) is 4.18. The SMILES string of the molecule is Cc1ccc(/C=C(/C=O)n2nnc3ccccc32)cc1.